The third kappa shape index (κ3) is 1.54. The van der Waals surface area contributed by atoms with Crippen LogP contribution in [0.5, 0.6) is 11.6 Å². The fourth-order valence-electron chi connectivity index (χ4n) is 1.96. The van der Waals surface area contributed by atoms with E-state index < -0.39 is 0 Å². The Labute approximate surface area is 94.1 Å². The third-order valence-electron chi connectivity index (χ3n) is 2.79. The van der Waals surface area contributed by atoms with Gasteiger partial charge in [-0.2, -0.15) is 0 Å². The van der Waals surface area contributed by atoms with Crippen molar-refractivity contribution in [1.29, 1.82) is 0 Å². The highest BCUT2D eigenvalue weighted by atomic mass is 16.5. The van der Waals surface area contributed by atoms with Crippen LogP contribution >= 0.6 is 0 Å². The Bertz CT molecular complexity index is 537. The van der Waals surface area contributed by atoms with Crippen LogP contribution in [0, 0.1) is 6.92 Å². The van der Waals surface area contributed by atoms with E-state index in [0.717, 1.165) is 30.0 Å². The highest BCUT2D eigenvalue weighted by molar-refractivity contribution is 5.41. The van der Waals surface area contributed by atoms with E-state index in [1.54, 1.807) is 6.20 Å². The molecular formula is C13H12N2O. The van der Waals surface area contributed by atoms with Crippen LogP contribution in [0.25, 0.3) is 0 Å². The van der Waals surface area contributed by atoms with E-state index >= 15 is 0 Å². The lowest BCUT2D eigenvalue weighted by molar-refractivity contribution is 0.458. The molecule has 16 heavy (non-hydrogen) atoms. The predicted octanol–water partition coefficient (Wildman–Crippen LogP) is 2.68. The van der Waals surface area contributed by atoms with E-state index in [1.807, 2.05) is 25.4 Å². The van der Waals surface area contributed by atoms with Crippen LogP contribution in [-0.2, 0) is 12.8 Å². The summed E-state index contributed by atoms with van der Waals surface area (Å²) in [6.45, 7) is 2.05. The SMILES string of the molecule is Cc1cnc2c(c1)CCc1cnccc1O2. The van der Waals surface area contributed by atoms with E-state index in [4.69, 9.17) is 4.74 Å². The smallest absolute Gasteiger partial charge is 0.222 e. The molecule has 0 aliphatic carbocycles. The monoisotopic (exact) mass is 212 g/mol. The lowest BCUT2D eigenvalue weighted by atomic mass is 10.1. The standard InChI is InChI=1S/C13H12N2O/c1-9-6-10-2-3-11-8-14-5-4-12(11)16-13(10)15-7-9/h4-8H,2-3H2,1H3. The average molecular weight is 212 g/mol. The summed E-state index contributed by atoms with van der Waals surface area (Å²) in [5.41, 5.74) is 3.50. The Balaban J connectivity index is 2.08. The summed E-state index contributed by atoms with van der Waals surface area (Å²) in [7, 11) is 0. The highest BCUT2D eigenvalue weighted by Crippen LogP contribution is 2.31. The van der Waals surface area contributed by atoms with Gasteiger partial charge >= 0.3 is 0 Å². The minimum atomic E-state index is 0.732. The maximum atomic E-state index is 5.81. The largest absolute Gasteiger partial charge is 0.438 e. The zero-order valence-electron chi connectivity index (χ0n) is 9.10. The molecule has 0 N–H and O–H groups in total. The van der Waals surface area contributed by atoms with Crippen molar-refractivity contribution in [3.8, 4) is 11.6 Å². The van der Waals surface area contributed by atoms with Gasteiger partial charge in [-0.05, 0) is 37.5 Å². The first kappa shape index (κ1) is 9.33. The first-order chi connectivity index (χ1) is 7.83. The summed E-state index contributed by atoms with van der Waals surface area (Å²) in [5.74, 6) is 1.61. The van der Waals surface area contributed by atoms with Gasteiger partial charge in [-0.15, -0.1) is 0 Å². The fourth-order valence-corrected chi connectivity index (χ4v) is 1.96. The van der Waals surface area contributed by atoms with Crippen molar-refractivity contribution < 1.29 is 4.74 Å². The van der Waals surface area contributed by atoms with Crippen molar-refractivity contribution >= 4 is 0 Å². The quantitative estimate of drug-likeness (QED) is 0.673. The highest BCUT2D eigenvalue weighted by Gasteiger charge is 2.15. The topological polar surface area (TPSA) is 35.0 Å². The molecule has 0 fully saturated rings. The second kappa shape index (κ2) is 3.59. The lowest BCUT2D eigenvalue weighted by Crippen LogP contribution is -1.92. The molecule has 1 aliphatic rings. The minimum absolute atomic E-state index is 0.732. The molecule has 0 radical (unpaired) electrons. The van der Waals surface area contributed by atoms with Crippen LogP contribution in [-0.4, -0.2) is 9.97 Å². The zero-order chi connectivity index (χ0) is 11.0. The summed E-state index contributed by atoms with van der Waals surface area (Å²) in [5, 5.41) is 0. The molecule has 0 atom stereocenters. The van der Waals surface area contributed by atoms with Crippen LogP contribution < -0.4 is 4.74 Å². The molecule has 0 saturated carbocycles. The van der Waals surface area contributed by atoms with E-state index in [2.05, 4.69) is 16.0 Å². The minimum Gasteiger partial charge on any atom is -0.438 e. The number of aryl methyl sites for hydroxylation is 3. The molecule has 80 valence electrons. The van der Waals surface area contributed by atoms with Gasteiger partial charge in [0.15, 0.2) is 0 Å². The van der Waals surface area contributed by atoms with Crippen molar-refractivity contribution in [3.05, 3.63) is 47.4 Å². The Morgan fingerprint density at radius 2 is 2.06 bits per heavy atom. The summed E-state index contributed by atoms with van der Waals surface area (Å²) < 4.78 is 5.81. The van der Waals surface area contributed by atoms with Crippen LogP contribution in [0.15, 0.2) is 30.7 Å². The van der Waals surface area contributed by atoms with Gasteiger partial charge in [-0.1, -0.05) is 0 Å². The molecule has 2 aromatic heterocycles. The molecule has 3 nitrogen and oxygen atoms in total. The summed E-state index contributed by atoms with van der Waals surface area (Å²) in [6.07, 6.45) is 7.38. The molecule has 0 amide bonds. The van der Waals surface area contributed by atoms with E-state index in [9.17, 15) is 0 Å². The number of aromatic nitrogens is 2. The van der Waals surface area contributed by atoms with E-state index in [0.29, 0.717) is 0 Å². The molecule has 0 spiro atoms. The van der Waals surface area contributed by atoms with Crippen molar-refractivity contribution in [2.75, 3.05) is 0 Å². The number of pyridine rings is 2. The third-order valence-corrected chi connectivity index (χ3v) is 2.79. The number of rotatable bonds is 0. The molecule has 0 saturated heterocycles. The zero-order valence-corrected chi connectivity index (χ0v) is 9.10. The second-order valence-electron chi connectivity index (χ2n) is 4.06. The van der Waals surface area contributed by atoms with Gasteiger partial charge in [0.05, 0.1) is 0 Å². The van der Waals surface area contributed by atoms with Crippen molar-refractivity contribution in [2.45, 2.75) is 19.8 Å². The number of fused-ring (bicyclic) bond motifs is 2. The van der Waals surface area contributed by atoms with Gasteiger partial charge in [0, 0.05) is 29.7 Å². The molecule has 3 heterocycles. The van der Waals surface area contributed by atoms with Gasteiger partial charge in [0.25, 0.3) is 0 Å². The Hall–Kier alpha value is -1.90. The van der Waals surface area contributed by atoms with E-state index in [-0.39, 0.29) is 0 Å². The Morgan fingerprint density at radius 3 is 3.00 bits per heavy atom. The Morgan fingerprint density at radius 1 is 1.19 bits per heavy atom. The molecule has 3 heteroatoms. The second-order valence-corrected chi connectivity index (χ2v) is 4.06. The molecule has 0 unspecified atom stereocenters. The molecule has 2 aromatic rings. The van der Waals surface area contributed by atoms with Crippen LogP contribution in [0.4, 0.5) is 0 Å². The number of ether oxygens (including phenoxy) is 1. The molecule has 3 rings (SSSR count). The van der Waals surface area contributed by atoms with Crippen LogP contribution in [0.3, 0.4) is 0 Å². The van der Waals surface area contributed by atoms with Crippen molar-refractivity contribution in [3.63, 3.8) is 0 Å². The van der Waals surface area contributed by atoms with Crippen molar-refractivity contribution in [1.82, 2.24) is 9.97 Å². The van der Waals surface area contributed by atoms with Crippen LogP contribution in [0.2, 0.25) is 0 Å². The van der Waals surface area contributed by atoms with Gasteiger partial charge in [0.2, 0.25) is 5.88 Å². The first-order valence-electron chi connectivity index (χ1n) is 5.39. The van der Waals surface area contributed by atoms with Crippen molar-refractivity contribution in [2.24, 2.45) is 0 Å². The molecular weight excluding hydrogens is 200 g/mol. The maximum absolute atomic E-state index is 5.81. The average Bonchev–Trinajstić information content (AvgIpc) is 2.48. The molecule has 0 aromatic carbocycles. The summed E-state index contributed by atoms with van der Waals surface area (Å²) >= 11 is 0. The maximum Gasteiger partial charge on any atom is 0.222 e. The number of nitrogens with zero attached hydrogens (tertiary/aromatic N) is 2. The van der Waals surface area contributed by atoms with Gasteiger partial charge in [-0.25, -0.2) is 4.98 Å². The summed E-state index contributed by atoms with van der Waals surface area (Å²) in [4.78, 5) is 8.45. The van der Waals surface area contributed by atoms with Crippen LogP contribution in [0.1, 0.15) is 16.7 Å². The normalized spacial score (nSPS) is 13.3. The fraction of sp³-hybridized carbons (Fsp3) is 0.231. The summed E-state index contributed by atoms with van der Waals surface area (Å²) in [6, 6.07) is 4.04. The van der Waals surface area contributed by atoms with Gasteiger partial charge in [0.1, 0.15) is 5.75 Å². The lowest BCUT2D eigenvalue weighted by Gasteiger charge is -2.07. The molecule has 1 aliphatic heterocycles. The van der Waals surface area contributed by atoms with E-state index in [1.165, 1.54) is 11.1 Å². The van der Waals surface area contributed by atoms with Gasteiger partial charge in [-0.3, -0.25) is 4.98 Å². The number of hydrogen-bond donors (Lipinski definition) is 0. The van der Waals surface area contributed by atoms with Gasteiger partial charge < -0.3 is 4.74 Å². The first-order valence-corrected chi connectivity index (χ1v) is 5.39. The Kier molecular flexibility index (Phi) is 2.10. The predicted molar refractivity (Wildman–Crippen MR) is 60.7 cm³/mol. The number of hydrogen-bond acceptors (Lipinski definition) is 3. The molecule has 0 bridgehead atoms.